The van der Waals surface area contributed by atoms with Gasteiger partial charge in [0.1, 0.15) is 5.69 Å². The number of aryl methyl sites for hydroxylation is 1. The number of rotatable bonds is 6. The fraction of sp³-hybridized carbons (Fsp3) is 0.400. The van der Waals surface area contributed by atoms with Gasteiger partial charge in [-0.2, -0.15) is 5.10 Å². The van der Waals surface area contributed by atoms with Gasteiger partial charge in [0.2, 0.25) is 5.79 Å². The van der Waals surface area contributed by atoms with Crippen LogP contribution in [0.5, 0.6) is 0 Å². The van der Waals surface area contributed by atoms with Crippen molar-refractivity contribution in [1.82, 2.24) is 14.7 Å². The number of aliphatic hydroxyl groups is 3. The summed E-state index contributed by atoms with van der Waals surface area (Å²) in [6, 6.07) is 10.1. The van der Waals surface area contributed by atoms with E-state index in [0.29, 0.717) is 5.56 Å². The lowest BCUT2D eigenvalue weighted by molar-refractivity contribution is -0.413. The largest absolute Gasteiger partial charge is 0.357 e. The highest BCUT2D eigenvalue weighted by molar-refractivity contribution is 5.29. The first-order valence-electron chi connectivity index (χ1n) is 6.80. The van der Waals surface area contributed by atoms with Crippen molar-refractivity contribution in [3.05, 3.63) is 53.9 Å². The minimum atomic E-state index is -2.54. The third-order valence-electron chi connectivity index (χ3n) is 3.17. The Hall–Kier alpha value is -1.77. The van der Waals surface area contributed by atoms with E-state index in [-0.39, 0.29) is 12.2 Å². The van der Waals surface area contributed by atoms with Crippen molar-refractivity contribution >= 4 is 0 Å². The predicted molar refractivity (Wildman–Crippen MR) is 79.5 cm³/mol. The average Bonchev–Trinajstić information content (AvgIpc) is 2.84. The summed E-state index contributed by atoms with van der Waals surface area (Å²) in [4.78, 5) is 1.54. The molecule has 0 spiro atoms. The minimum Gasteiger partial charge on any atom is -0.357 e. The van der Waals surface area contributed by atoms with Gasteiger partial charge < -0.3 is 20.2 Å². The topological polar surface area (TPSA) is 91.0 Å². The molecule has 1 aromatic carbocycles. The first-order chi connectivity index (χ1) is 10.2. The van der Waals surface area contributed by atoms with Crippen LogP contribution in [0.25, 0.3) is 0 Å². The van der Waals surface area contributed by atoms with E-state index in [9.17, 15) is 15.3 Å². The summed E-state index contributed by atoms with van der Waals surface area (Å²) >= 11 is 0. The van der Waals surface area contributed by atoms with E-state index < -0.39 is 11.8 Å². The molecule has 1 heterocycles. The van der Waals surface area contributed by atoms with Crippen LogP contribution < -0.4 is 0 Å². The van der Waals surface area contributed by atoms with Crippen LogP contribution in [-0.4, -0.2) is 56.6 Å². The summed E-state index contributed by atoms with van der Waals surface area (Å²) < 4.78 is 6.73. The Kier molecular flexibility index (Phi) is 4.64. The van der Waals surface area contributed by atoms with E-state index in [0.717, 1.165) is 0 Å². The van der Waals surface area contributed by atoms with E-state index in [1.54, 1.807) is 57.5 Å². The van der Waals surface area contributed by atoms with Crippen LogP contribution in [0.3, 0.4) is 0 Å². The fourth-order valence-corrected chi connectivity index (χ4v) is 2.31. The molecule has 0 amide bonds. The lowest BCUT2D eigenvalue weighted by Crippen LogP contribution is -2.50. The Morgan fingerprint density at radius 1 is 1.14 bits per heavy atom. The number of likely N-dealkylation sites (N-methyl/N-ethyl adjacent to an activating group) is 1. The maximum Gasteiger partial charge on any atom is 0.294 e. The SMILES string of the molecule is CN(C)CC(O)(O)OC(O)(c1ccccc1)c1ccnn1C. The van der Waals surface area contributed by atoms with Gasteiger partial charge in [-0.05, 0) is 20.2 Å². The Bertz CT molecular complexity index is 612. The lowest BCUT2D eigenvalue weighted by atomic mass is 10.0. The van der Waals surface area contributed by atoms with E-state index in [4.69, 9.17) is 4.74 Å². The molecule has 7 nitrogen and oxygen atoms in total. The highest BCUT2D eigenvalue weighted by Crippen LogP contribution is 2.33. The number of hydrogen-bond acceptors (Lipinski definition) is 6. The molecule has 2 aromatic rings. The second-order valence-electron chi connectivity index (χ2n) is 5.43. The standard InChI is InChI=1S/C15H21N3O4/c1-17(2)11-14(19,20)22-15(21,12-7-5-4-6-8-12)13-9-10-16-18(13)3/h4-10,19-21H,11H2,1-3H3. The summed E-state index contributed by atoms with van der Waals surface area (Å²) in [5.74, 6) is -4.59. The van der Waals surface area contributed by atoms with Crippen molar-refractivity contribution < 1.29 is 20.1 Å². The van der Waals surface area contributed by atoms with Gasteiger partial charge in [0.15, 0.2) is 0 Å². The number of aromatic nitrogens is 2. The fourth-order valence-electron chi connectivity index (χ4n) is 2.31. The molecule has 0 radical (unpaired) electrons. The van der Waals surface area contributed by atoms with Crippen LogP contribution in [0.15, 0.2) is 42.6 Å². The zero-order valence-electron chi connectivity index (χ0n) is 12.8. The first-order valence-corrected chi connectivity index (χ1v) is 6.80. The zero-order valence-corrected chi connectivity index (χ0v) is 12.8. The van der Waals surface area contributed by atoms with Crippen LogP contribution in [0, 0.1) is 0 Å². The number of nitrogens with zero attached hydrogens (tertiary/aromatic N) is 3. The van der Waals surface area contributed by atoms with Gasteiger partial charge >= 0.3 is 0 Å². The van der Waals surface area contributed by atoms with E-state index in [1.807, 2.05) is 0 Å². The van der Waals surface area contributed by atoms with Gasteiger partial charge in [0, 0.05) is 18.8 Å². The minimum absolute atomic E-state index is 0.208. The molecule has 120 valence electrons. The van der Waals surface area contributed by atoms with Crippen LogP contribution in [0.4, 0.5) is 0 Å². The molecule has 0 aliphatic rings. The summed E-state index contributed by atoms with van der Waals surface area (Å²) in [5, 5.41) is 35.2. The van der Waals surface area contributed by atoms with Crippen molar-refractivity contribution in [2.75, 3.05) is 20.6 Å². The highest BCUT2D eigenvalue weighted by Gasteiger charge is 2.43. The van der Waals surface area contributed by atoms with E-state index in [1.165, 1.54) is 15.8 Å². The molecule has 0 saturated carbocycles. The molecular formula is C15H21N3O4. The third kappa shape index (κ3) is 3.52. The van der Waals surface area contributed by atoms with E-state index >= 15 is 0 Å². The van der Waals surface area contributed by atoms with Gasteiger partial charge in [0.05, 0.1) is 6.54 Å². The van der Waals surface area contributed by atoms with Crippen LogP contribution in [-0.2, 0) is 17.6 Å². The van der Waals surface area contributed by atoms with Gasteiger partial charge in [0.25, 0.3) is 5.97 Å². The molecule has 7 heteroatoms. The Morgan fingerprint density at radius 2 is 1.77 bits per heavy atom. The van der Waals surface area contributed by atoms with Crippen LogP contribution in [0.2, 0.25) is 0 Å². The van der Waals surface area contributed by atoms with E-state index in [2.05, 4.69) is 5.10 Å². The van der Waals surface area contributed by atoms with Gasteiger partial charge in [-0.1, -0.05) is 30.3 Å². The molecule has 1 unspecified atom stereocenters. The molecule has 0 fully saturated rings. The summed E-state index contributed by atoms with van der Waals surface area (Å²) in [6.45, 7) is -0.208. The van der Waals surface area contributed by atoms with Crippen molar-refractivity contribution in [1.29, 1.82) is 0 Å². The monoisotopic (exact) mass is 307 g/mol. The quantitative estimate of drug-likeness (QED) is 0.642. The molecule has 0 bridgehead atoms. The molecule has 0 aliphatic heterocycles. The zero-order chi connectivity index (χ0) is 16.4. The molecule has 2 rings (SSSR count). The van der Waals surface area contributed by atoms with Gasteiger partial charge in [-0.3, -0.25) is 9.42 Å². The molecular weight excluding hydrogens is 286 g/mol. The number of ether oxygens (including phenoxy) is 1. The normalized spacial score (nSPS) is 15.0. The van der Waals surface area contributed by atoms with Crippen molar-refractivity contribution in [3.8, 4) is 0 Å². The van der Waals surface area contributed by atoms with Gasteiger partial charge in [-0.15, -0.1) is 0 Å². The van der Waals surface area contributed by atoms with Crippen molar-refractivity contribution in [2.24, 2.45) is 7.05 Å². The number of hydrogen-bond donors (Lipinski definition) is 3. The molecule has 0 saturated heterocycles. The van der Waals surface area contributed by atoms with Gasteiger partial charge in [-0.25, -0.2) is 0 Å². The maximum absolute atomic E-state index is 11.1. The van der Waals surface area contributed by atoms with Crippen LogP contribution >= 0.6 is 0 Å². The molecule has 0 aliphatic carbocycles. The number of benzene rings is 1. The Balaban J connectivity index is 2.46. The second kappa shape index (κ2) is 6.15. The Morgan fingerprint density at radius 3 is 2.27 bits per heavy atom. The lowest BCUT2D eigenvalue weighted by Gasteiger charge is -2.35. The third-order valence-corrected chi connectivity index (χ3v) is 3.17. The average molecular weight is 307 g/mol. The highest BCUT2D eigenvalue weighted by atomic mass is 16.8. The smallest absolute Gasteiger partial charge is 0.294 e. The second-order valence-corrected chi connectivity index (χ2v) is 5.43. The summed E-state index contributed by atoms with van der Waals surface area (Å²) in [7, 11) is 4.96. The summed E-state index contributed by atoms with van der Waals surface area (Å²) in [6.07, 6.45) is 1.50. The van der Waals surface area contributed by atoms with Crippen molar-refractivity contribution in [3.63, 3.8) is 0 Å². The molecule has 1 atom stereocenters. The maximum atomic E-state index is 11.1. The van der Waals surface area contributed by atoms with Crippen molar-refractivity contribution in [2.45, 2.75) is 11.8 Å². The molecule has 3 N–H and O–H groups in total. The summed E-state index contributed by atoms with van der Waals surface area (Å²) in [5.41, 5.74) is 0.648. The molecule has 1 aromatic heterocycles. The van der Waals surface area contributed by atoms with Crippen LogP contribution in [0.1, 0.15) is 11.3 Å². The molecule has 22 heavy (non-hydrogen) atoms. The predicted octanol–water partition coefficient (Wildman–Crippen LogP) is -0.170. The Labute approximate surface area is 129 Å². The first kappa shape index (κ1) is 16.6.